The van der Waals surface area contributed by atoms with E-state index in [1.54, 1.807) is 12.4 Å². The van der Waals surface area contributed by atoms with Gasteiger partial charge in [-0.3, -0.25) is 4.79 Å². The molecule has 1 aromatic heterocycles. The van der Waals surface area contributed by atoms with Crippen LogP contribution in [-0.4, -0.2) is 33.6 Å². The summed E-state index contributed by atoms with van der Waals surface area (Å²) in [6.45, 7) is 0.670. The maximum absolute atomic E-state index is 11.6. The first-order chi connectivity index (χ1) is 12.2. The Morgan fingerprint density at radius 2 is 1.36 bits per heavy atom. The maximum atomic E-state index is 11.6. The SMILES string of the molecule is O=C(O)CCCCCCCCCCCCNC(=O)Nc1cncnc1. The Balaban J connectivity index is 1.81. The van der Waals surface area contributed by atoms with Crippen molar-refractivity contribution in [1.29, 1.82) is 0 Å². The molecule has 0 aliphatic rings. The van der Waals surface area contributed by atoms with Crippen LogP contribution >= 0.6 is 0 Å². The van der Waals surface area contributed by atoms with Crippen LogP contribution in [0.3, 0.4) is 0 Å². The van der Waals surface area contributed by atoms with Crippen molar-refractivity contribution < 1.29 is 14.7 Å². The fourth-order valence-electron chi connectivity index (χ4n) is 2.56. The molecule has 1 aromatic rings. The summed E-state index contributed by atoms with van der Waals surface area (Å²) in [5.74, 6) is -0.693. The molecular weight excluding hydrogens is 320 g/mol. The predicted molar refractivity (Wildman–Crippen MR) is 97.5 cm³/mol. The standard InChI is InChI=1S/C18H30N4O3/c23-17(24)11-9-7-5-3-1-2-4-6-8-10-12-21-18(25)22-16-13-19-15-20-14-16/h13-15H,1-12H2,(H,23,24)(H2,21,22,25). The maximum Gasteiger partial charge on any atom is 0.319 e. The van der Waals surface area contributed by atoms with Crippen molar-refractivity contribution in [3.8, 4) is 0 Å². The lowest BCUT2D eigenvalue weighted by Gasteiger charge is -2.07. The summed E-state index contributed by atoms with van der Waals surface area (Å²) in [4.78, 5) is 29.7. The zero-order chi connectivity index (χ0) is 18.2. The molecule has 0 saturated carbocycles. The summed E-state index contributed by atoms with van der Waals surface area (Å²) in [5, 5.41) is 14.0. The fourth-order valence-corrected chi connectivity index (χ4v) is 2.56. The number of aliphatic carboxylic acids is 1. The van der Waals surface area contributed by atoms with Crippen molar-refractivity contribution in [3.05, 3.63) is 18.7 Å². The van der Waals surface area contributed by atoms with E-state index < -0.39 is 5.97 Å². The number of nitrogens with one attached hydrogen (secondary N) is 2. The number of carbonyl (C=O) groups is 2. The molecule has 0 aromatic carbocycles. The number of nitrogens with zero attached hydrogens (tertiary/aromatic N) is 2. The average Bonchev–Trinajstić information content (AvgIpc) is 2.59. The molecule has 0 fully saturated rings. The molecular formula is C18H30N4O3. The minimum Gasteiger partial charge on any atom is -0.481 e. The Labute approximate surface area is 149 Å². The Kier molecular flexibility index (Phi) is 11.8. The van der Waals surface area contributed by atoms with Gasteiger partial charge in [-0.15, -0.1) is 0 Å². The second kappa shape index (κ2) is 14.2. The second-order valence-electron chi connectivity index (χ2n) is 6.19. The highest BCUT2D eigenvalue weighted by molar-refractivity contribution is 5.88. The van der Waals surface area contributed by atoms with Crippen LogP contribution in [0.25, 0.3) is 0 Å². The van der Waals surface area contributed by atoms with Gasteiger partial charge in [0.15, 0.2) is 0 Å². The van der Waals surface area contributed by atoms with Crippen LogP contribution in [0.5, 0.6) is 0 Å². The van der Waals surface area contributed by atoms with Gasteiger partial charge in [0.1, 0.15) is 6.33 Å². The molecule has 7 nitrogen and oxygen atoms in total. The molecule has 0 aliphatic carbocycles. The number of carbonyl (C=O) groups excluding carboxylic acids is 1. The highest BCUT2D eigenvalue weighted by Crippen LogP contribution is 2.11. The Morgan fingerprint density at radius 1 is 0.840 bits per heavy atom. The number of anilines is 1. The van der Waals surface area contributed by atoms with Crippen LogP contribution < -0.4 is 10.6 Å². The molecule has 3 N–H and O–H groups in total. The van der Waals surface area contributed by atoms with Gasteiger partial charge in [0.2, 0.25) is 0 Å². The molecule has 2 amide bonds. The number of amides is 2. The molecule has 1 rings (SSSR count). The van der Waals surface area contributed by atoms with Crippen LogP contribution in [-0.2, 0) is 4.79 Å². The van der Waals surface area contributed by atoms with Gasteiger partial charge < -0.3 is 15.7 Å². The molecule has 1 heterocycles. The van der Waals surface area contributed by atoms with Gasteiger partial charge in [-0.2, -0.15) is 0 Å². The first-order valence-corrected chi connectivity index (χ1v) is 9.20. The summed E-state index contributed by atoms with van der Waals surface area (Å²) >= 11 is 0. The molecule has 0 spiro atoms. The normalized spacial score (nSPS) is 10.4. The van der Waals surface area contributed by atoms with E-state index in [2.05, 4.69) is 20.6 Å². The van der Waals surface area contributed by atoms with Gasteiger partial charge in [0.25, 0.3) is 0 Å². The predicted octanol–water partition coefficient (Wildman–Crippen LogP) is 3.97. The summed E-state index contributed by atoms with van der Waals surface area (Å²) in [6, 6.07) is -0.224. The molecule has 7 heteroatoms. The number of carboxylic acids is 1. The third-order valence-corrected chi connectivity index (χ3v) is 3.92. The molecule has 140 valence electrons. The van der Waals surface area contributed by atoms with E-state index in [9.17, 15) is 9.59 Å². The number of aromatic nitrogens is 2. The number of hydrogen-bond acceptors (Lipinski definition) is 4. The van der Waals surface area contributed by atoms with Gasteiger partial charge >= 0.3 is 12.0 Å². The Morgan fingerprint density at radius 3 is 1.92 bits per heavy atom. The lowest BCUT2D eigenvalue weighted by molar-refractivity contribution is -0.137. The number of carboxylic acid groups (broad SMARTS) is 1. The highest BCUT2D eigenvalue weighted by Gasteiger charge is 2.01. The molecule has 0 atom stereocenters. The van der Waals surface area contributed by atoms with Crippen molar-refractivity contribution in [1.82, 2.24) is 15.3 Å². The van der Waals surface area contributed by atoms with E-state index in [-0.39, 0.29) is 6.03 Å². The van der Waals surface area contributed by atoms with Gasteiger partial charge in [-0.05, 0) is 12.8 Å². The van der Waals surface area contributed by atoms with Crippen LogP contribution in [0.1, 0.15) is 70.6 Å². The third-order valence-electron chi connectivity index (χ3n) is 3.92. The zero-order valence-electron chi connectivity index (χ0n) is 14.9. The number of rotatable bonds is 14. The summed E-state index contributed by atoms with van der Waals surface area (Å²) in [7, 11) is 0. The summed E-state index contributed by atoms with van der Waals surface area (Å²) < 4.78 is 0. The Bertz CT molecular complexity index is 482. The average molecular weight is 350 g/mol. The lowest BCUT2D eigenvalue weighted by Crippen LogP contribution is -2.29. The second-order valence-corrected chi connectivity index (χ2v) is 6.19. The first kappa shape index (κ1) is 20.9. The summed E-state index contributed by atoms with van der Waals surface area (Å²) in [5.41, 5.74) is 0.586. The number of hydrogen-bond donors (Lipinski definition) is 3. The van der Waals surface area contributed by atoms with Gasteiger partial charge in [-0.25, -0.2) is 14.8 Å². The Hall–Kier alpha value is -2.18. The van der Waals surface area contributed by atoms with Crippen molar-refractivity contribution in [2.45, 2.75) is 70.6 Å². The number of unbranched alkanes of at least 4 members (excludes halogenated alkanes) is 9. The van der Waals surface area contributed by atoms with E-state index >= 15 is 0 Å². The van der Waals surface area contributed by atoms with Crippen LogP contribution in [0.4, 0.5) is 10.5 Å². The van der Waals surface area contributed by atoms with Gasteiger partial charge in [0.05, 0.1) is 18.1 Å². The number of urea groups is 1. The zero-order valence-corrected chi connectivity index (χ0v) is 14.9. The van der Waals surface area contributed by atoms with E-state index in [1.807, 2.05) is 0 Å². The molecule has 0 saturated heterocycles. The smallest absolute Gasteiger partial charge is 0.319 e. The quantitative estimate of drug-likeness (QED) is 0.440. The monoisotopic (exact) mass is 350 g/mol. The van der Waals surface area contributed by atoms with E-state index in [0.717, 1.165) is 32.1 Å². The highest BCUT2D eigenvalue weighted by atomic mass is 16.4. The molecule has 0 bridgehead atoms. The topological polar surface area (TPSA) is 104 Å². The van der Waals surface area contributed by atoms with E-state index in [1.165, 1.54) is 38.4 Å². The van der Waals surface area contributed by atoms with Crippen LogP contribution in [0.2, 0.25) is 0 Å². The lowest BCUT2D eigenvalue weighted by atomic mass is 10.1. The minimum absolute atomic E-state index is 0.224. The fraction of sp³-hybridized carbons (Fsp3) is 0.667. The van der Waals surface area contributed by atoms with Crippen molar-refractivity contribution in [3.63, 3.8) is 0 Å². The van der Waals surface area contributed by atoms with E-state index in [0.29, 0.717) is 18.7 Å². The minimum atomic E-state index is -0.693. The first-order valence-electron chi connectivity index (χ1n) is 9.20. The van der Waals surface area contributed by atoms with Gasteiger partial charge in [-0.1, -0.05) is 51.4 Å². The molecule has 25 heavy (non-hydrogen) atoms. The van der Waals surface area contributed by atoms with Crippen molar-refractivity contribution in [2.75, 3.05) is 11.9 Å². The van der Waals surface area contributed by atoms with E-state index in [4.69, 9.17) is 5.11 Å². The van der Waals surface area contributed by atoms with Crippen LogP contribution in [0, 0.1) is 0 Å². The van der Waals surface area contributed by atoms with Crippen LogP contribution in [0.15, 0.2) is 18.7 Å². The van der Waals surface area contributed by atoms with Crippen molar-refractivity contribution >= 4 is 17.7 Å². The third kappa shape index (κ3) is 12.9. The van der Waals surface area contributed by atoms with Gasteiger partial charge in [0, 0.05) is 13.0 Å². The van der Waals surface area contributed by atoms with Crippen molar-refractivity contribution in [2.24, 2.45) is 0 Å². The molecule has 0 unspecified atom stereocenters. The largest absolute Gasteiger partial charge is 0.481 e. The summed E-state index contributed by atoms with van der Waals surface area (Å²) in [6.07, 6.45) is 16.0. The molecule has 0 radical (unpaired) electrons. The molecule has 0 aliphatic heterocycles.